The highest BCUT2D eigenvalue weighted by Crippen LogP contribution is 2.39. The summed E-state index contributed by atoms with van der Waals surface area (Å²) < 4.78 is 0. The molecule has 2 heterocycles. The Labute approximate surface area is 204 Å². The first-order valence-corrected chi connectivity index (χ1v) is 12.0. The van der Waals surface area contributed by atoms with Crippen molar-refractivity contribution in [2.24, 2.45) is 0 Å². The molecule has 2 aliphatic rings. The van der Waals surface area contributed by atoms with Crippen molar-refractivity contribution in [3.05, 3.63) is 69.6 Å². The molecule has 0 radical (unpaired) electrons. The van der Waals surface area contributed by atoms with Crippen molar-refractivity contribution in [1.82, 2.24) is 4.90 Å². The number of benzene rings is 2. The van der Waals surface area contributed by atoms with Crippen LogP contribution in [0.15, 0.2) is 47.4 Å². The largest absolute Gasteiger partial charge is 0.366 e. The smallest absolute Gasteiger partial charge is 0.294 e. The van der Waals surface area contributed by atoms with Crippen molar-refractivity contribution < 1.29 is 14.4 Å². The molecular weight excluding hydrogens is 446 g/mol. The van der Waals surface area contributed by atoms with Crippen molar-refractivity contribution >= 4 is 51.8 Å². The van der Waals surface area contributed by atoms with Gasteiger partial charge in [0.1, 0.15) is 6.54 Å². The van der Waals surface area contributed by atoms with Crippen molar-refractivity contribution in [2.45, 2.75) is 40.2 Å². The van der Waals surface area contributed by atoms with Gasteiger partial charge in [-0.25, -0.2) is 0 Å². The zero-order valence-electron chi connectivity index (χ0n) is 20.4. The molecule has 0 bridgehead atoms. The van der Waals surface area contributed by atoms with Crippen LogP contribution in [0.4, 0.5) is 16.2 Å². The highest BCUT2D eigenvalue weighted by molar-refractivity contribution is 8.18. The number of para-hydroxylation sites is 1. The average molecular weight is 476 g/mol. The second-order valence-electron chi connectivity index (χ2n) is 9.40. The molecule has 0 spiro atoms. The molecule has 1 saturated heterocycles. The van der Waals surface area contributed by atoms with Crippen molar-refractivity contribution in [3.8, 4) is 0 Å². The van der Waals surface area contributed by atoms with E-state index in [9.17, 15) is 14.4 Å². The summed E-state index contributed by atoms with van der Waals surface area (Å²) in [4.78, 5) is 41.6. The highest BCUT2D eigenvalue weighted by Gasteiger charge is 2.36. The molecule has 3 amide bonds. The highest BCUT2D eigenvalue weighted by atomic mass is 32.2. The minimum Gasteiger partial charge on any atom is -0.366 e. The number of hydrogen-bond donors (Lipinski definition) is 1. The van der Waals surface area contributed by atoms with Gasteiger partial charge in [-0.15, -0.1) is 0 Å². The van der Waals surface area contributed by atoms with Crippen LogP contribution < -0.4 is 10.2 Å². The number of thioether (sulfide) groups is 1. The summed E-state index contributed by atoms with van der Waals surface area (Å²) in [5.74, 6) is -0.851. The molecule has 0 saturated carbocycles. The SMILES string of the molecule is CC1=CC(C)(C)N(C)c2ccc(/C=C3/SC(=O)N(CC(=O)Nc4c(C)cccc4C)C3=O)cc21. The van der Waals surface area contributed by atoms with Crippen LogP contribution in [0.2, 0.25) is 0 Å². The molecule has 6 nitrogen and oxygen atoms in total. The number of hydrogen-bond acceptors (Lipinski definition) is 5. The van der Waals surface area contributed by atoms with Crippen molar-refractivity contribution in [3.63, 3.8) is 0 Å². The molecule has 2 aliphatic heterocycles. The fourth-order valence-corrected chi connectivity index (χ4v) is 5.23. The maximum Gasteiger partial charge on any atom is 0.294 e. The minimum absolute atomic E-state index is 0.0847. The Morgan fingerprint density at radius 2 is 1.76 bits per heavy atom. The van der Waals surface area contributed by atoms with Crippen LogP contribution in [-0.2, 0) is 9.59 Å². The molecule has 4 rings (SSSR count). The molecule has 0 aliphatic carbocycles. The first kappa shape index (κ1) is 23.8. The van der Waals surface area contributed by atoms with E-state index < -0.39 is 17.1 Å². The molecule has 7 heteroatoms. The lowest BCUT2D eigenvalue weighted by Crippen LogP contribution is -2.42. The van der Waals surface area contributed by atoms with Crippen LogP contribution >= 0.6 is 11.8 Å². The number of carbonyl (C=O) groups excluding carboxylic acids is 3. The number of allylic oxidation sites excluding steroid dienone is 1. The maximum absolute atomic E-state index is 12.9. The van der Waals surface area contributed by atoms with Gasteiger partial charge in [0.05, 0.1) is 10.4 Å². The van der Waals surface area contributed by atoms with E-state index >= 15 is 0 Å². The number of nitrogens with zero attached hydrogens (tertiary/aromatic N) is 2. The minimum atomic E-state index is -0.449. The number of carbonyl (C=O) groups is 3. The fourth-order valence-electron chi connectivity index (χ4n) is 4.39. The Bertz CT molecular complexity index is 1260. The third-order valence-electron chi connectivity index (χ3n) is 6.46. The van der Waals surface area contributed by atoms with Gasteiger partial charge in [0, 0.05) is 24.0 Å². The Hall–Kier alpha value is -3.32. The Morgan fingerprint density at radius 3 is 2.44 bits per heavy atom. The number of rotatable bonds is 4. The van der Waals surface area contributed by atoms with E-state index in [4.69, 9.17) is 0 Å². The summed E-state index contributed by atoms with van der Waals surface area (Å²) in [6.07, 6.45) is 3.95. The fraction of sp³-hybridized carbons (Fsp3) is 0.296. The normalized spacial score (nSPS) is 18.3. The number of fused-ring (bicyclic) bond motifs is 1. The van der Waals surface area contributed by atoms with Crippen LogP contribution in [0.1, 0.15) is 43.0 Å². The summed E-state index contributed by atoms with van der Waals surface area (Å²) >= 11 is 0.863. The predicted octanol–water partition coefficient (Wildman–Crippen LogP) is 5.61. The monoisotopic (exact) mass is 475 g/mol. The van der Waals surface area contributed by atoms with Gasteiger partial charge in [-0.1, -0.05) is 30.3 Å². The van der Waals surface area contributed by atoms with Gasteiger partial charge in [-0.3, -0.25) is 19.3 Å². The first-order valence-electron chi connectivity index (χ1n) is 11.2. The number of amides is 3. The van der Waals surface area contributed by atoms with E-state index in [2.05, 4.69) is 44.1 Å². The number of likely N-dealkylation sites (N-methyl/N-ethyl adjacent to an activating group) is 1. The average Bonchev–Trinajstić information content (AvgIpc) is 3.02. The van der Waals surface area contributed by atoms with E-state index in [1.165, 1.54) is 5.57 Å². The quantitative estimate of drug-likeness (QED) is 0.582. The van der Waals surface area contributed by atoms with Gasteiger partial charge in [0.15, 0.2) is 0 Å². The van der Waals surface area contributed by atoms with Gasteiger partial charge in [-0.05, 0) is 86.9 Å². The van der Waals surface area contributed by atoms with Crippen LogP contribution in [0.3, 0.4) is 0 Å². The summed E-state index contributed by atoms with van der Waals surface area (Å²) in [6.45, 7) is 9.90. The van der Waals surface area contributed by atoms with E-state index in [1.54, 1.807) is 6.08 Å². The zero-order chi connectivity index (χ0) is 24.8. The zero-order valence-corrected chi connectivity index (χ0v) is 21.2. The molecule has 1 fully saturated rings. The molecular formula is C27H29N3O3S. The van der Waals surface area contributed by atoms with Gasteiger partial charge in [0.25, 0.3) is 11.1 Å². The van der Waals surface area contributed by atoms with E-state index in [1.807, 2.05) is 50.2 Å². The Morgan fingerprint density at radius 1 is 1.09 bits per heavy atom. The molecule has 1 N–H and O–H groups in total. The van der Waals surface area contributed by atoms with Crippen molar-refractivity contribution in [2.75, 3.05) is 23.8 Å². The summed E-state index contributed by atoms with van der Waals surface area (Å²) in [5.41, 5.74) is 6.71. The van der Waals surface area contributed by atoms with Crippen LogP contribution in [0.5, 0.6) is 0 Å². The molecule has 2 aromatic carbocycles. The lowest BCUT2D eigenvalue weighted by molar-refractivity contribution is -0.127. The van der Waals surface area contributed by atoms with Crippen molar-refractivity contribution in [1.29, 1.82) is 0 Å². The molecule has 0 aromatic heterocycles. The molecule has 2 aromatic rings. The second-order valence-corrected chi connectivity index (χ2v) is 10.4. The number of imide groups is 1. The lowest BCUT2D eigenvalue weighted by atomic mass is 9.88. The van der Waals surface area contributed by atoms with E-state index in [0.29, 0.717) is 10.6 Å². The summed E-state index contributed by atoms with van der Waals surface area (Å²) in [6, 6.07) is 11.7. The first-order chi connectivity index (χ1) is 16.0. The standard InChI is InChI=1S/C27H29N3O3S/c1-16-8-7-9-17(2)24(16)28-23(31)15-30-25(32)22(34-26(30)33)13-19-10-11-21-20(12-19)18(3)14-27(4,5)29(21)6/h7-14H,15H2,1-6H3,(H,28,31)/b22-13+. The summed E-state index contributed by atoms with van der Waals surface area (Å²) in [7, 11) is 2.07. The van der Waals surface area contributed by atoms with Gasteiger partial charge in [0.2, 0.25) is 5.91 Å². The Kier molecular flexibility index (Phi) is 6.16. The summed E-state index contributed by atoms with van der Waals surface area (Å²) in [5, 5.41) is 2.39. The van der Waals surface area contributed by atoms with Crippen LogP contribution in [0.25, 0.3) is 11.6 Å². The number of aryl methyl sites for hydroxylation is 2. The molecule has 0 atom stereocenters. The van der Waals surface area contributed by atoms with E-state index in [0.717, 1.165) is 44.6 Å². The maximum atomic E-state index is 12.9. The van der Waals surface area contributed by atoms with Gasteiger partial charge < -0.3 is 10.2 Å². The van der Waals surface area contributed by atoms with Gasteiger partial charge >= 0.3 is 0 Å². The molecule has 176 valence electrons. The van der Waals surface area contributed by atoms with Crippen LogP contribution in [-0.4, -0.2) is 41.1 Å². The van der Waals surface area contributed by atoms with Crippen LogP contribution in [0, 0.1) is 13.8 Å². The molecule has 34 heavy (non-hydrogen) atoms. The lowest BCUT2D eigenvalue weighted by Gasteiger charge is -2.40. The second kappa shape index (κ2) is 8.80. The molecule has 0 unspecified atom stereocenters. The predicted molar refractivity (Wildman–Crippen MR) is 140 cm³/mol. The third-order valence-corrected chi connectivity index (χ3v) is 7.37. The number of anilines is 2. The van der Waals surface area contributed by atoms with Gasteiger partial charge in [-0.2, -0.15) is 0 Å². The topological polar surface area (TPSA) is 69.7 Å². The Balaban J connectivity index is 1.52. The van der Waals surface area contributed by atoms with E-state index in [-0.39, 0.29) is 12.1 Å². The third kappa shape index (κ3) is 4.40. The number of nitrogens with one attached hydrogen (secondary N) is 1.